The summed E-state index contributed by atoms with van der Waals surface area (Å²) < 4.78 is 39.9. The number of halogens is 2. The van der Waals surface area contributed by atoms with Crippen LogP contribution in [0.5, 0.6) is 0 Å². The molecule has 0 saturated carbocycles. The summed E-state index contributed by atoms with van der Waals surface area (Å²) in [5, 5.41) is 3.19. The highest BCUT2D eigenvalue weighted by Gasteiger charge is 2.14. The summed E-state index contributed by atoms with van der Waals surface area (Å²) in [5.74, 6) is -0.609. The van der Waals surface area contributed by atoms with Gasteiger partial charge in [-0.15, -0.1) is 0 Å². The van der Waals surface area contributed by atoms with Crippen molar-refractivity contribution >= 4 is 33.0 Å². The molecule has 0 bridgehead atoms. The summed E-state index contributed by atoms with van der Waals surface area (Å²) in [6.07, 6.45) is 0. The van der Waals surface area contributed by atoms with E-state index in [1.165, 1.54) is 18.2 Å². The molecule has 0 aliphatic carbocycles. The zero-order valence-electron chi connectivity index (χ0n) is 11.2. The van der Waals surface area contributed by atoms with E-state index in [0.29, 0.717) is 0 Å². The molecule has 0 saturated heterocycles. The lowest BCUT2D eigenvalue weighted by Gasteiger charge is -2.09. The van der Waals surface area contributed by atoms with Gasteiger partial charge in [0.2, 0.25) is 0 Å². The van der Waals surface area contributed by atoms with Gasteiger partial charge in [0.15, 0.2) is 0 Å². The van der Waals surface area contributed by atoms with Gasteiger partial charge in [-0.2, -0.15) is 0 Å². The summed E-state index contributed by atoms with van der Waals surface area (Å²) in [4.78, 5) is 0.0875. The normalized spacial score (nSPS) is 11.2. The largest absolute Gasteiger partial charge is 0.385 e. The maximum Gasteiger partial charge on any atom is 0.261 e. The van der Waals surface area contributed by atoms with Crippen molar-refractivity contribution in [1.29, 1.82) is 0 Å². The molecule has 2 N–H and O–H groups in total. The Balaban J connectivity index is 2.25. The molecule has 0 heterocycles. The van der Waals surface area contributed by atoms with Gasteiger partial charge < -0.3 is 5.32 Å². The Morgan fingerprint density at radius 1 is 1.10 bits per heavy atom. The number of benzene rings is 2. The van der Waals surface area contributed by atoms with Gasteiger partial charge >= 0.3 is 0 Å². The van der Waals surface area contributed by atoms with E-state index in [9.17, 15) is 12.8 Å². The molecule has 2 rings (SSSR count). The minimum Gasteiger partial charge on any atom is -0.385 e. The smallest absolute Gasteiger partial charge is 0.261 e. The van der Waals surface area contributed by atoms with E-state index in [-0.39, 0.29) is 15.6 Å². The summed E-state index contributed by atoms with van der Waals surface area (Å²) in [6.45, 7) is 2.69. The summed E-state index contributed by atoms with van der Waals surface area (Å²) in [5.41, 5.74) is 0.904. The Morgan fingerprint density at radius 2 is 1.76 bits per heavy atom. The van der Waals surface area contributed by atoms with Crippen LogP contribution in [-0.4, -0.2) is 15.0 Å². The zero-order valence-corrected chi connectivity index (χ0v) is 12.8. The van der Waals surface area contributed by atoms with E-state index < -0.39 is 15.8 Å². The topological polar surface area (TPSA) is 58.2 Å². The molecule has 0 fully saturated rings. The van der Waals surface area contributed by atoms with E-state index in [0.717, 1.165) is 24.4 Å². The molecule has 112 valence electrons. The molecular weight excluding hydrogens is 315 g/mol. The van der Waals surface area contributed by atoms with Gasteiger partial charge in [-0.3, -0.25) is 4.72 Å². The minimum atomic E-state index is -3.78. The van der Waals surface area contributed by atoms with Crippen LogP contribution < -0.4 is 10.0 Å². The lowest BCUT2D eigenvalue weighted by molar-refractivity contribution is 0.601. The van der Waals surface area contributed by atoms with E-state index >= 15 is 0 Å². The van der Waals surface area contributed by atoms with E-state index in [2.05, 4.69) is 10.0 Å². The standard InChI is InChI=1S/C14H14ClFN2O2S/c1-2-17-12-3-5-14(6-4-12)21(19,20)18-13-8-10(15)7-11(16)9-13/h3-9,17-18H,2H2,1H3. The number of hydrogen-bond acceptors (Lipinski definition) is 3. The zero-order chi connectivity index (χ0) is 15.5. The summed E-state index contributed by atoms with van der Waals surface area (Å²) >= 11 is 5.70. The van der Waals surface area contributed by atoms with Crippen molar-refractivity contribution in [2.45, 2.75) is 11.8 Å². The van der Waals surface area contributed by atoms with Crippen molar-refractivity contribution < 1.29 is 12.8 Å². The first-order valence-electron chi connectivity index (χ1n) is 6.23. The first-order chi connectivity index (χ1) is 9.90. The Labute approximate surface area is 128 Å². The SMILES string of the molecule is CCNc1ccc(S(=O)(=O)Nc2cc(F)cc(Cl)c2)cc1. The molecule has 0 radical (unpaired) electrons. The fourth-order valence-electron chi connectivity index (χ4n) is 1.78. The molecule has 0 unspecified atom stereocenters. The van der Waals surface area contributed by atoms with Gasteiger partial charge in [-0.1, -0.05) is 11.6 Å². The number of nitrogens with one attached hydrogen (secondary N) is 2. The minimum absolute atomic E-state index is 0.0794. The van der Waals surface area contributed by atoms with Crippen LogP contribution in [0.3, 0.4) is 0 Å². The second kappa shape index (κ2) is 6.32. The lowest BCUT2D eigenvalue weighted by atomic mass is 10.3. The average Bonchev–Trinajstić information content (AvgIpc) is 2.38. The van der Waals surface area contributed by atoms with Crippen molar-refractivity contribution in [3.05, 3.63) is 53.3 Å². The fraction of sp³-hybridized carbons (Fsp3) is 0.143. The van der Waals surface area contributed by atoms with Crippen LogP contribution in [0.2, 0.25) is 5.02 Å². The quantitative estimate of drug-likeness (QED) is 0.879. The molecule has 0 atom stereocenters. The van der Waals surface area contributed by atoms with Crippen molar-refractivity contribution in [2.75, 3.05) is 16.6 Å². The second-order valence-electron chi connectivity index (χ2n) is 4.32. The van der Waals surface area contributed by atoms with Crippen molar-refractivity contribution in [3.63, 3.8) is 0 Å². The maximum atomic E-state index is 13.2. The third-order valence-corrected chi connectivity index (χ3v) is 4.28. The van der Waals surface area contributed by atoms with Crippen LogP contribution in [-0.2, 0) is 10.0 Å². The maximum absolute atomic E-state index is 13.2. The average molecular weight is 329 g/mol. The number of hydrogen-bond donors (Lipinski definition) is 2. The summed E-state index contributed by atoms with van der Waals surface area (Å²) in [7, 11) is -3.78. The first-order valence-corrected chi connectivity index (χ1v) is 8.09. The van der Waals surface area contributed by atoms with E-state index in [1.54, 1.807) is 12.1 Å². The Morgan fingerprint density at radius 3 is 2.33 bits per heavy atom. The Kier molecular flexibility index (Phi) is 4.69. The molecule has 0 spiro atoms. The van der Waals surface area contributed by atoms with Crippen LogP contribution in [0.25, 0.3) is 0 Å². The number of sulfonamides is 1. The molecule has 0 aromatic heterocycles. The van der Waals surface area contributed by atoms with Gasteiger partial charge in [0, 0.05) is 17.3 Å². The van der Waals surface area contributed by atoms with E-state index in [4.69, 9.17) is 11.6 Å². The van der Waals surface area contributed by atoms with Crippen molar-refractivity contribution in [2.24, 2.45) is 0 Å². The predicted octanol–water partition coefficient (Wildman–Crippen LogP) is 3.71. The van der Waals surface area contributed by atoms with Crippen LogP contribution >= 0.6 is 11.6 Å². The summed E-state index contributed by atoms with van der Waals surface area (Å²) in [6, 6.07) is 9.78. The third kappa shape index (κ3) is 4.09. The molecular formula is C14H14ClFN2O2S. The lowest BCUT2D eigenvalue weighted by Crippen LogP contribution is -2.13. The molecule has 0 aliphatic heterocycles. The van der Waals surface area contributed by atoms with Crippen molar-refractivity contribution in [3.8, 4) is 0 Å². The van der Waals surface area contributed by atoms with Crippen molar-refractivity contribution in [1.82, 2.24) is 0 Å². The van der Waals surface area contributed by atoms with Gasteiger partial charge in [0.25, 0.3) is 10.0 Å². The monoisotopic (exact) mass is 328 g/mol. The highest BCUT2D eigenvalue weighted by atomic mass is 35.5. The fourth-order valence-corrected chi connectivity index (χ4v) is 3.05. The van der Waals surface area contributed by atoms with Crippen LogP contribution in [0.1, 0.15) is 6.92 Å². The Hall–Kier alpha value is -1.79. The number of anilines is 2. The molecule has 2 aromatic rings. The highest BCUT2D eigenvalue weighted by Crippen LogP contribution is 2.22. The number of rotatable bonds is 5. The van der Waals surface area contributed by atoms with Crippen LogP contribution in [0.15, 0.2) is 47.4 Å². The second-order valence-corrected chi connectivity index (χ2v) is 6.44. The van der Waals surface area contributed by atoms with Gasteiger partial charge in [-0.05, 0) is 49.4 Å². The molecule has 7 heteroatoms. The molecule has 2 aromatic carbocycles. The molecule has 0 amide bonds. The van der Waals surface area contributed by atoms with Gasteiger partial charge in [0.1, 0.15) is 5.82 Å². The molecule has 4 nitrogen and oxygen atoms in total. The molecule has 21 heavy (non-hydrogen) atoms. The van der Waals surface area contributed by atoms with Gasteiger partial charge in [0.05, 0.1) is 10.6 Å². The van der Waals surface area contributed by atoms with Gasteiger partial charge in [-0.25, -0.2) is 12.8 Å². The highest BCUT2D eigenvalue weighted by molar-refractivity contribution is 7.92. The van der Waals surface area contributed by atoms with Crippen LogP contribution in [0, 0.1) is 5.82 Å². The first kappa shape index (κ1) is 15.6. The molecule has 0 aliphatic rings. The predicted molar refractivity (Wildman–Crippen MR) is 82.8 cm³/mol. The van der Waals surface area contributed by atoms with E-state index in [1.807, 2.05) is 6.92 Å². The van der Waals surface area contributed by atoms with Crippen LogP contribution in [0.4, 0.5) is 15.8 Å². The third-order valence-electron chi connectivity index (χ3n) is 2.66. The Bertz CT molecular complexity index is 713.